The van der Waals surface area contributed by atoms with Crippen molar-refractivity contribution < 1.29 is 19.1 Å². The molecule has 1 saturated heterocycles. The van der Waals surface area contributed by atoms with Gasteiger partial charge in [0.1, 0.15) is 5.75 Å². The number of ether oxygens (including phenoxy) is 2. The number of hydrogen-bond acceptors (Lipinski definition) is 4. The number of carbonyl (C=O) groups is 2. The van der Waals surface area contributed by atoms with E-state index in [1.54, 1.807) is 11.8 Å². The van der Waals surface area contributed by atoms with Crippen LogP contribution in [-0.2, 0) is 20.7 Å². The zero-order valence-corrected chi connectivity index (χ0v) is 12.8. The number of fused-ring (bicyclic) bond motifs is 1. The second-order valence-electron chi connectivity index (χ2n) is 5.68. The lowest BCUT2D eigenvalue weighted by Gasteiger charge is -2.28. The second kappa shape index (κ2) is 6.38. The molecule has 0 spiro atoms. The number of nitrogens with zero attached hydrogens (tertiary/aromatic N) is 1. The van der Waals surface area contributed by atoms with Gasteiger partial charge in [0.25, 0.3) is 0 Å². The summed E-state index contributed by atoms with van der Waals surface area (Å²) in [6.07, 6.45) is 2.51. The quantitative estimate of drug-likeness (QED) is 0.783. The van der Waals surface area contributed by atoms with Gasteiger partial charge in [-0.1, -0.05) is 12.1 Å². The maximum absolute atomic E-state index is 12.1. The van der Waals surface area contributed by atoms with Crippen molar-refractivity contribution in [2.45, 2.75) is 38.6 Å². The fourth-order valence-electron chi connectivity index (χ4n) is 3.17. The largest absolute Gasteiger partial charge is 0.493 e. The first kappa shape index (κ1) is 14.9. The molecule has 5 heteroatoms. The highest BCUT2D eigenvalue weighted by molar-refractivity contribution is 5.80. The lowest BCUT2D eigenvalue weighted by atomic mass is 9.99. The van der Waals surface area contributed by atoms with Crippen LogP contribution in [0.3, 0.4) is 0 Å². The van der Waals surface area contributed by atoms with Crippen LogP contribution in [-0.4, -0.2) is 36.5 Å². The first-order valence-electron chi connectivity index (χ1n) is 7.89. The molecule has 0 aromatic heterocycles. The van der Waals surface area contributed by atoms with Gasteiger partial charge < -0.3 is 14.4 Å². The molecule has 118 valence electrons. The molecule has 0 N–H and O–H groups in total. The minimum Gasteiger partial charge on any atom is -0.493 e. The van der Waals surface area contributed by atoms with Crippen LogP contribution in [0.2, 0.25) is 0 Å². The normalized spacial score (nSPS) is 18.0. The molecule has 0 saturated carbocycles. The van der Waals surface area contributed by atoms with Crippen LogP contribution in [0.25, 0.3) is 0 Å². The zero-order valence-electron chi connectivity index (χ0n) is 12.8. The number of esters is 1. The number of amides is 1. The van der Waals surface area contributed by atoms with E-state index in [0.29, 0.717) is 26.2 Å². The van der Waals surface area contributed by atoms with Crippen LogP contribution in [0.5, 0.6) is 5.75 Å². The third-order valence-corrected chi connectivity index (χ3v) is 4.26. The molecule has 22 heavy (non-hydrogen) atoms. The number of benzene rings is 1. The molecule has 5 nitrogen and oxygen atoms in total. The van der Waals surface area contributed by atoms with E-state index >= 15 is 0 Å². The van der Waals surface area contributed by atoms with Gasteiger partial charge in [-0.3, -0.25) is 9.59 Å². The zero-order chi connectivity index (χ0) is 15.5. The standard InChI is InChI=1S/C17H21NO4/c1-2-21-17(20)11-14(18-8-3-4-16(18)19)13-6-5-12-7-9-22-15(12)10-13/h5-6,10,14H,2-4,7-9,11H2,1H3. The first-order chi connectivity index (χ1) is 10.7. The molecule has 2 aliphatic rings. The van der Waals surface area contributed by atoms with Crippen molar-refractivity contribution in [3.8, 4) is 5.75 Å². The maximum atomic E-state index is 12.1. The van der Waals surface area contributed by atoms with Crippen LogP contribution < -0.4 is 4.74 Å². The van der Waals surface area contributed by atoms with Crippen molar-refractivity contribution in [2.24, 2.45) is 0 Å². The Kier molecular flexibility index (Phi) is 4.32. The average Bonchev–Trinajstić information content (AvgIpc) is 3.13. The highest BCUT2D eigenvalue weighted by Gasteiger charge is 2.31. The SMILES string of the molecule is CCOC(=O)CC(c1ccc2c(c1)OCC2)N1CCCC1=O. The summed E-state index contributed by atoms with van der Waals surface area (Å²) in [7, 11) is 0. The first-order valence-corrected chi connectivity index (χ1v) is 7.89. The summed E-state index contributed by atoms with van der Waals surface area (Å²) < 4.78 is 10.7. The smallest absolute Gasteiger partial charge is 0.308 e. The number of rotatable bonds is 5. The topological polar surface area (TPSA) is 55.8 Å². The van der Waals surface area contributed by atoms with Crippen molar-refractivity contribution in [2.75, 3.05) is 19.8 Å². The van der Waals surface area contributed by atoms with Gasteiger partial charge in [0.15, 0.2) is 0 Å². The summed E-state index contributed by atoms with van der Waals surface area (Å²) in [6.45, 7) is 3.54. The van der Waals surface area contributed by atoms with Crippen LogP contribution in [0.15, 0.2) is 18.2 Å². The predicted octanol–water partition coefficient (Wildman–Crippen LogP) is 2.24. The molecule has 2 heterocycles. The van der Waals surface area contributed by atoms with Crippen molar-refractivity contribution >= 4 is 11.9 Å². The molecule has 1 fully saturated rings. The van der Waals surface area contributed by atoms with Crippen molar-refractivity contribution in [1.29, 1.82) is 0 Å². The lowest BCUT2D eigenvalue weighted by Crippen LogP contribution is -2.31. The summed E-state index contributed by atoms with van der Waals surface area (Å²) in [5.74, 6) is 0.710. The highest BCUT2D eigenvalue weighted by atomic mass is 16.5. The van der Waals surface area contributed by atoms with Gasteiger partial charge in [-0.2, -0.15) is 0 Å². The monoisotopic (exact) mass is 303 g/mol. The molecule has 0 bridgehead atoms. The molecule has 0 aliphatic carbocycles. The predicted molar refractivity (Wildman–Crippen MR) is 80.6 cm³/mol. The van der Waals surface area contributed by atoms with Gasteiger partial charge in [-0.15, -0.1) is 0 Å². The molecule has 1 aromatic rings. The summed E-state index contributed by atoms with van der Waals surface area (Å²) in [5, 5.41) is 0. The Morgan fingerprint density at radius 2 is 2.27 bits per heavy atom. The van der Waals surface area contributed by atoms with Crippen molar-refractivity contribution in [3.05, 3.63) is 29.3 Å². The van der Waals surface area contributed by atoms with E-state index in [9.17, 15) is 9.59 Å². The van der Waals surface area contributed by atoms with Gasteiger partial charge in [-0.05, 0) is 30.5 Å². The Morgan fingerprint density at radius 3 is 3.00 bits per heavy atom. The molecule has 1 aromatic carbocycles. The molecule has 3 rings (SSSR count). The molecule has 1 atom stereocenters. The van der Waals surface area contributed by atoms with E-state index in [1.807, 2.05) is 18.2 Å². The minimum atomic E-state index is -0.270. The Bertz CT molecular complexity index is 584. The van der Waals surface area contributed by atoms with E-state index in [2.05, 4.69) is 0 Å². The van der Waals surface area contributed by atoms with Gasteiger partial charge in [-0.25, -0.2) is 0 Å². The average molecular weight is 303 g/mol. The van der Waals surface area contributed by atoms with Gasteiger partial charge >= 0.3 is 5.97 Å². The summed E-state index contributed by atoms with van der Waals surface area (Å²) in [5.41, 5.74) is 2.13. The Morgan fingerprint density at radius 1 is 1.41 bits per heavy atom. The molecule has 1 unspecified atom stereocenters. The Labute approximate surface area is 130 Å². The fourth-order valence-corrected chi connectivity index (χ4v) is 3.17. The minimum absolute atomic E-state index is 0.107. The van der Waals surface area contributed by atoms with Gasteiger partial charge in [0, 0.05) is 19.4 Å². The molecule has 2 aliphatic heterocycles. The summed E-state index contributed by atoms with van der Waals surface area (Å²) in [6, 6.07) is 5.75. The van der Waals surface area contributed by atoms with E-state index < -0.39 is 0 Å². The summed E-state index contributed by atoms with van der Waals surface area (Å²) >= 11 is 0. The van der Waals surface area contributed by atoms with Crippen LogP contribution in [0, 0.1) is 0 Å². The summed E-state index contributed by atoms with van der Waals surface area (Å²) in [4.78, 5) is 25.8. The van der Waals surface area contributed by atoms with Crippen LogP contribution in [0.4, 0.5) is 0 Å². The molecular weight excluding hydrogens is 282 g/mol. The molecule has 1 amide bonds. The van der Waals surface area contributed by atoms with Crippen LogP contribution in [0.1, 0.15) is 43.4 Å². The molecule has 0 radical (unpaired) electrons. The van der Waals surface area contributed by atoms with Crippen molar-refractivity contribution in [1.82, 2.24) is 4.90 Å². The van der Waals surface area contributed by atoms with E-state index in [4.69, 9.17) is 9.47 Å². The van der Waals surface area contributed by atoms with Gasteiger partial charge in [0.2, 0.25) is 5.91 Å². The lowest BCUT2D eigenvalue weighted by molar-refractivity contribution is -0.145. The molecular formula is C17H21NO4. The number of hydrogen-bond donors (Lipinski definition) is 0. The number of carbonyl (C=O) groups excluding carboxylic acids is 2. The maximum Gasteiger partial charge on any atom is 0.308 e. The van der Waals surface area contributed by atoms with Crippen molar-refractivity contribution in [3.63, 3.8) is 0 Å². The van der Waals surface area contributed by atoms with E-state index in [1.165, 1.54) is 5.56 Å². The second-order valence-corrected chi connectivity index (χ2v) is 5.68. The third kappa shape index (κ3) is 2.93. The third-order valence-electron chi connectivity index (χ3n) is 4.26. The van der Waals surface area contributed by atoms with E-state index in [-0.39, 0.29) is 24.3 Å². The Balaban J connectivity index is 1.87. The fraction of sp³-hybridized carbons (Fsp3) is 0.529. The number of likely N-dealkylation sites (tertiary alicyclic amines) is 1. The Hall–Kier alpha value is -2.04. The highest BCUT2D eigenvalue weighted by Crippen LogP contribution is 2.34. The van der Waals surface area contributed by atoms with E-state index in [0.717, 1.165) is 24.2 Å². The van der Waals surface area contributed by atoms with Gasteiger partial charge in [0.05, 0.1) is 25.7 Å². The van der Waals surface area contributed by atoms with Crippen LogP contribution >= 0.6 is 0 Å².